The number of piperazine rings is 1. The predicted octanol–water partition coefficient (Wildman–Crippen LogP) is 1.82. The third kappa shape index (κ3) is 2.88. The molecule has 0 radical (unpaired) electrons. The zero-order chi connectivity index (χ0) is 14.8. The molecule has 2 aliphatic rings. The van der Waals surface area contributed by atoms with Gasteiger partial charge in [-0.1, -0.05) is 0 Å². The summed E-state index contributed by atoms with van der Waals surface area (Å²) in [5, 5.41) is 3.15. The van der Waals surface area contributed by atoms with Crippen LogP contribution in [-0.4, -0.2) is 59.0 Å². The number of hydrogen-bond donors (Lipinski definition) is 1. The van der Waals surface area contributed by atoms with Gasteiger partial charge in [0, 0.05) is 37.9 Å². The number of nitrogens with one attached hydrogen (secondary N) is 1. The Morgan fingerprint density at radius 1 is 1.43 bits per heavy atom. The second-order valence-electron chi connectivity index (χ2n) is 6.06. The molecule has 2 saturated heterocycles. The van der Waals surface area contributed by atoms with E-state index in [1.54, 1.807) is 6.20 Å². The molecule has 0 spiro atoms. The monoisotopic (exact) mass is 288 g/mol. The number of fused-ring (bicyclic) bond motifs is 1. The lowest BCUT2D eigenvalue weighted by molar-refractivity contribution is 0.0395. The molecule has 2 fully saturated rings. The maximum atomic E-state index is 12.7. The van der Waals surface area contributed by atoms with Gasteiger partial charge >= 0.3 is 0 Å². The number of pyridine rings is 1. The molecule has 2 atom stereocenters. The van der Waals surface area contributed by atoms with E-state index in [0.29, 0.717) is 11.6 Å². The number of rotatable bonds is 3. The van der Waals surface area contributed by atoms with Crippen LogP contribution in [0.2, 0.25) is 0 Å². The van der Waals surface area contributed by atoms with Gasteiger partial charge in [-0.3, -0.25) is 9.69 Å². The van der Waals surface area contributed by atoms with Crippen LogP contribution in [0, 0.1) is 0 Å². The quantitative estimate of drug-likeness (QED) is 0.922. The van der Waals surface area contributed by atoms with Gasteiger partial charge in [0.1, 0.15) is 5.82 Å². The maximum absolute atomic E-state index is 12.7. The van der Waals surface area contributed by atoms with Crippen molar-refractivity contribution in [2.24, 2.45) is 0 Å². The van der Waals surface area contributed by atoms with Crippen molar-refractivity contribution in [3.63, 3.8) is 0 Å². The number of hydrogen-bond acceptors (Lipinski definition) is 4. The molecule has 1 aromatic heterocycles. The number of nitrogens with zero attached hydrogens (tertiary/aromatic N) is 3. The maximum Gasteiger partial charge on any atom is 0.255 e. The van der Waals surface area contributed by atoms with Gasteiger partial charge in [-0.2, -0.15) is 0 Å². The van der Waals surface area contributed by atoms with Crippen LogP contribution in [0.4, 0.5) is 5.82 Å². The molecule has 5 nitrogen and oxygen atoms in total. The van der Waals surface area contributed by atoms with Gasteiger partial charge in [0.05, 0.1) is 5.56 Å². The van der Waals surface area contributed by atoms with Crippen LogP contribution in [-0.2, 0) is 0 Å². The Hall–Kier alpha value is -1.62. The summed E-state index contributed by atoms with van der Waals surface area (Å²) in [7, 11) is 0. The molecule has 3 heterocycles. The van der Waals surface area contributed by atoms with E-state index in [4.69, 9.17) is 0 Å². The summed E-state index contributed by atoms with van der Waals surface area (Å²) in [6.07, 6.45) is 4.17. The Morgan fingerprint density at radius 2 is 2.29 bits per heavy atom. The summed E-state index contributed by atoms with van der Waals surface area (Å²) >= 11 is 0. The molecule has 2 aliphatic heterocycles. The standard InChI is InChI=1S/C16H24N4O/c1-3-17-15-7-6-13(9-18-15)16(21)20-11-14-5-4-8-19(14)10-12(20)2/h6-7,9,12,14H,3-5,8,10-11H2,1-2H3,(H,17,18). The molecule has 0 saturated carbocycles. The second kappa shape index (κ2) is 6.02. The Labute approximate surface area is 126 Å². The van der Waals surface area contributed by atoms with Gasteiger partial charge in [-0.25, -0.2) is 4.98 Å². The first-order valence-corrected chi connectivity index (χ1v) is 7.94. The fourth-order valence-electron chi connectivity index (χ4n) is 3.44. The summed E-state index contributed by atoms with van der Waals surface area (Å²) in [6, 6.07) is 4.59. The number of carbonyl (C=O) groups excluding carboxylic acids is 1. The number of carbonyl (C=O) groups is 1. The van der Waals surface area contributed by atoms with Gasteiger partial charge in [-0.15, -0.1) is 0 Å². The highest BCUT2D eigenvalue weighted by atomic mass is 16.2. The lowest BCUT2D eigenvalue weighted by Crippen LogP contribution is -2.56. The van der Waals surface area contributed by atoms with Crippen molar-refractivity contribution in [3.8, 4) is 0 Å². The summed E-state index contributed by atoms with van der Waals surface area (Å²) < 4.78 is 0. The van der Waals surface area contributed by atoms with Crippen molar-refractivity contribution in [3.05, 3.63) is 23.9 Å². The van der Waals surface area contributed by atoms with Gasteiger partial charge < -0.3 is 10.2 Å². The Bertz CT molecular complexity index is 502. The normalized spacial score (nSPS) is 25.7. The van der Waals surface area contributed by atoms with Crippen molar-refractivity contribution in [1.82, 2.24) is 14.8 Å². The van der Waals surface area contributed by atoms with Crippen LogP contribution in [0.3, 0.4) is 0 Å². The molecular weight excluding hydrogens is 264 g/mol. The summed E-state index contributed by atoms with van der Waals surface area (Å²) in [6.45, 7) is 8.06. The van der Waals surface area contributed by atoms with Crippen LogP contribution in [0.15, 0.2) is 18.3 Å². The van der Waals surface area contributed by atoms with Crippen LogP contribution in [0.1, 0.15) is 37.0 Å². The molecule has 0 aliphatic carbocycles. The largest absolute Gasteiger partial charge is 0.370 e. The molecule has 3 rings (SSSR count). The van der Waals surface area contributed by atoms with Crippen molar-refractivity contribution >= 4 is 11.7 Å². The highest BCUT2D eigenvalue weighted by Crippen LogP contribution is 2.25. The molecule has 1 aromatic rings. The predicted molar refractivity (Wildman–Crippen MR) is 83.5 cm³/mol. The topological polar surface area (TPSA) is 48.5 Å². The lowest BCUT2D eigenvalue weighted by atomic mass is 10.1. The first kappa shape index (κ1) is 14.3. The minimum Gasteiger partial charge on any atom is -0.370 e. The van der Waals surface area contributed by atoms with Crippen molar-refractivity contribution < 1.29 is 4.79 Å². The van der Waals surface area contributed by atoms with E-state index in [-0.39, 0.29) is 11.9 Å². The number of amides is 1. The zero-order valence-electron chi connectivity index (χ0n) is 12.9. The highest BCUT2D eigenvalue weighted by Gasteiger charge is 2.36. The van der Waals surface area contributed by atoms with Crippen molar-refractivity contribution in [2.75, 3.05) is 31.5 Å². The van der Waals surface area contributed by atoms with E-state index in [1.807, 2.05) is 24.0 Å². The molecule has 114 valence electrons. The number of anilines is 1. The summed E-state index contributed by atoms with van der Waals surface area (Å²) in [5.74, 6) is 0.937. The third-order valence-electron chi connectivity index (χ3n) is 4.57. The average Bonchev–Trinajstić information content (AvgIpc) is 2.94. The number of aromatic nitrogens is 1. The zero-order valence-corrected chi connectivity index (χ0v) is 12.9. The molecule has 2 unspecified atom stereocenters. The molecular formula is C16H24N4O. The SMILES string of the molecule is CCNc1ccc(C(=O)N2CC3CCCN3CC2C)cn1. The highest BCUT2D eigenvalue weighted by molar-refractivity contribution is 5.94. The average molecular weight is 288 g/mol. The van der Waals surface area contributed by atoms with E-state index in [0.717, 1.165) is 25.5 Å². The van der Waals surface area contributed by atoms with E-state index in [1.165, 1.54) is 19.4 Å². The lowest BCUT2D eigenvalue weighted by Gasteiger charge is -2.42. The van der Waals surface area contributed by atoms with Crippen LogP contribution >= 0.6 is 0 Å². The molecule has 1 N–H and O–H groups in total. The van der Waals surface area contributed by atoms with E-state index >= 15 is 0 Å². The van der Waals surface area contributed by atoms with Gasteiger partial charge in [-0.05, 0) is 45.4 Å². The smallest absolute Gasteiger partial charge is 0.255 e. The van der Waals surface area contributed by atoms with Crippen molar-refractivity contribution in [2.45, 2.75) is 38.8 Å². The molecule has 21 heavy (non-hydrogen) atoms. The molecule has 5 heteroatoms. The van der Waals surface area contributed by atoms with E-state index in [2.05, 4.69) is 22.1 Å². The summed E-state index contributed by atoms with van der Waals surface area (Å²) in [4.78, 5) is 21.6. The Kier molecular flexibility index (Phi) is 4.10. The minimum atomic E-state index is 0.115. The van der Waals surface area contributed by atoms with Gasteiger partial charge in [0.15, 0.2) is 0 Å². The van der Waals surface area contributed by atoms with Crippen molar-refractivity contribution in [1.29, 1.82) is 0 Å². The Morgan fingerprint density at radius 3 is 3.00 bits per heavy atom. The molecule has 1 amide bonds. The van der Waals surface area contributed by atoms with Crippen LogP contribution in [0.5, 0.6) is 0 Å². The fourth-order valence-corrected chi connectivity index (χ4v) is 3.44. The van der Waals surface area contributed by atoms with Gasteiger partial charge in [0.25, 0.3) is 5.91 Å². The minimum absolute atomic E-state index is 0.115. The molecule has 0 aromatic carbocycles. The first-order chi connectivity index (χ1) is 10.2. The van der Waals surface area contributed by atoms with Crippen LogP contribution < -0.4 is 5.32 Å². The second-order valence-corrected chi connectivity index (χ2v) is 6.06. The fraction of sp³-hybridized carbons (Fsp3) is 0.625. The van der Waals surface area contributed by atoms with Crippen LogP contribution in [0.25, 0.3) is 0 Å². The Balaban J connectivity index is 1.71. The van der Waals surface area contributed by atoms with E-state index < -0.39 is 0 Å². The summed E-state index contributed by atoms with van der Waals surface area (Å²) in [5.41, 5.74) is 0.690. The van der Waals surface area contributed by atoms with Gasteiger partial charge in [0.2, 0.25) is 0 Å². The molecule has 0 bridgehead atoms. The van der Waals surface area contributed by atoms with E-state index in [9.17, 15) is 4.79 Å². The first-order valence-electron chi connectivity index (χ1n) is 7.94. The third-order valence-corrected chi connectivity index (χ3v) is 4.57.